The van der Waals surface area contributed by atoms with Crippen LogP contribution in [-0.4, -0.2) is 58.9 Å². The van der Waals surface area contributed by atoms with Crippen LogP contribution < -0.4 is 4.90 Å². The summed E-state index contributed by atoms with van der Waals surface area (Å²) in [7, 11) is 0. The summed E-state index contributed by atoms with van der Waals surface area (Å²) < 4.78 is 6.35. The predicted octanol–water partition coefficient (Wildman–Crippen LogP) is 4.66. The van der Waals surface area contributed by atoms with Crippen molar-refractivity contribution in [3.63, 3.8) is 0 Å². The molecule has 5 rings (SSSR count). The molecule has 2 aliphatic heterocycles. The van der Waals surface area contributed by atoms with Gasteiger partial charge in [0.15, 0.2) is 0 Å². The molecule has 1 fully saturated rings. The fourth-order valence-corrected chi connectivity index (χ4v) is 4.95. The molecule has 0 N–H and O–H groups in total. The molecule has 1 saturated heterocycles. The smallest absolute Gasteiger partial charge is 0.410 e. The molecule has 0 radical (unpaired) electrons. The number of aromatic nitrogens is 1. The van der Waals surface area contributed by atoms with Gasteiger partial charge in [-0.05, 0) is 43.2 Å². The van der Waals surface area contributed by atoms with Gasteiger partial charge >= 0.3 is 6.09 Å². The number of hydrogen-bond donors (Lipinski definition) is 0. The zero-order valence-electron chi connectivity index (χ0n) is 20.7. The van der Waals surface area contributed by atoms with Gasteiger partial charge in [0.05, 0.1) is 5.52 Å². The predicted molar refractivity (Wildman–Crippen MR) is 144 cm³/mol. The second-order valence-corrected chi connectivity index (χ2v) is 10.2. The van der Waals surface area contributed by atoms with E-state index in [-0.39, 0.29) is 24.5 Å². The van der Waals surface area contributed by atoms with Crippen molar-refractivity contribution in [2.75, 3.05) is 31.1 Å². The van der Waals surface area contributed by atoms with Crippen molar-refractivity contribution >= 4 is 50.6 Å². The Hall–Kier alpha value is -3.56. The van der Waals surface area contributed by atoms with Crippen molar-refractivity contribution in [3.05, 3.63) is 81.3 Å². The topological polar surface area (TPSA) is 83.1 Å². The number of carbonyl (C=O) groups is 3. The molecular weight excluding hydrogens is 536 g/mol. The van der Waals surface area contributed by atoms with E-state index in [1.165, 1.54) is 0 Å². The summed E-state index contributed by atoms with van der Waals surface area (Å²) in [5.74, 6) is -0.342. The Balaban J connectivity index is 1.30. The van der Waals surface area contributed by atoms with Gasteiger partial charge in [0, 0.05) is 53.7 Å². The minimum absolute atomic E-state index is 0.253. The van der Waals surface area contributed by atoms with Crippen LogP contribution in [0.1, 0.15) is 25.0 Å². The molecule has 1 aromatic heterocycles. The first-order valence-electron chi connectivity index (χ1n) is 12.2. The van der Waals surface area contributed by atoms with E-state index in [0.717, 1.165) is 25.9 Å². The third-order valence-corrected chi connectivity index (χ3v) is 7.41. The highest BCUT2D eigenvalue weighted by Crippen LogP contribution is 2.31. The third kappa shape index (κ3) is 5.14. The van der Waals surface area contributed by atoms with Gasteiger partial charge in [-0.1, -0.05) is 52.3 Å². The van der Waals surface area contributed by atoms with Crippen molar-refractivity contribution in [1.82, 2.24) is 14.8 Å². The number of amides is 3. The number of fused-ring (bicyclic) bond motifs is 1. The average molecular weight is 563 g/mol. The minimum atomic E-state index is -0.335. The average Bonchev–Trinajstić information content (AvgIpc) is 3.10. The van der Waals surface area contributed by atoms with E-state index in [0.29, 0.717) is 55.2 Å². The highest BCUT2D eigenvalue weighted by atomic mass is 79.9. The van der Waals surface area contributed by atoms with E-state index in [2.05, 4.69) is 25.8 Å². The van der Waals surface area contributed by atoms with Crippen molar-refractivity contribution in [1.29, 1.82) is 0 Å². The minimum Gasteiger partial charge on any atom is -0.445 e. The van der Waals surface area contributed by atoms with E-state index >= 15 is 0 Å². The lowest BCUT2D eigenvalue weighted by Gasteiger charge is -2.34. The van der Waals surface area contributed by atoms with Gasteiger partial charge in [0.1, 0.15) is 12.4 Å². The summed E-state index contributed by atoms with van der Waals surface area (Å²) in [6.07, 6.45) is -0.311. The molecule has 190 valence electrons. The van der Waals surface area contributed by atoms with Crippen molar-refractivity contribution < 1.29 is 19.1 Å². The molecule has 3 aromatic rings. The lowest BCUT2D eigenvalue weighted by molar-refractivity contribution is -0.120. The SMILES string of the molecule is CC1=C(C)C(=O)N(c2cc(CN3CCN(C(=O)OCc4ccccc4)CC3)c3ccc(Br)cc3n2)C1=O. The maximum atomic E-state index is 12.8. The van der Waals surface area contributed by atoms with E-state index in [1.54, 1.807) is 18.7 Å². The Bertz CT molecular complexity index is 1390. The molecule has 37 heavy (non-hydrogen) atoms. The summed E-state index contributed by atoms with van der Waals surface area (Å²) in [4.78, 5) is 48.0. The van der Waals surface area contributed by atoms with Gasteiger partial charge in [-0.3, -0.25) is 14.5 Å². The maximum absolute atomic E-state index is 12.8. The quantitative estimate of drug-likeness (QED) is 0.420. The molecule has 0 bridgehead atoms. The van der Waals surface area contributed by atoms with Crippen LogP contribution in [0.15, 0.2) is 70.2 Å². The first kappa shape index (κ1) is 25.1. The Morgan fingerprint density at radius 1 is 0.946 bits per heavy atom. The standard InChI is InChI=1S/C28H27BrN4O4/c1-18-19(2)27(35)33(26(18)34)25-14-21(23-9-8-22(29)15-24(23)30-25)16-31-10-12-32(13-11-31)28(36)37-17-20-6-4-3-5-7-20/h3-9,14-15H,10-13,16-17H2,1-2H3. The molecule has 0 aliphatic carbocycles. The number of hydrogen-bond acceptors (Lipinski definition) is 6. The van der Waals surface area contributed by atoms with Crippen LogP contribution in [0.5, 0.6) is 0 Å². The molecule has 0 atom stereocenters. The third-order valence-electron chi connectivity index (χ3n) is 6.91. The normalized spacial score (nSPS) is 16.7. The van der Waals surface area contributed by atoms with E-state index in [1.807, 2.05) is 54.6 Å². The summed E-state index contributed by atoms with van der Waals surface area (Å²) >= 11 is 3.50. The highest BCUT2D eigenvalue weighted by molar-refractivity contribution is 9.10. The van der Waals surface area contributed by atoms with Gasteiger partial charge in [-0.15, -0.1) is 0 Å². The van der Waals surface area contributed by atoms with Crippen LogP contribution in [0.3, 0.4) is 0 Å². The van der Waals surface area contributed by atoms with Gasteiger partial charge < -0.3 is 9.64 Å². The van der Waals surface area contributed by atoms with Crippen LogP contribution in [0.4, 0.5) is 10.6 Å². The largest absolute Gasteiger partial charge is 0.445 e. The number of piperazine rings is 1. The number of benzene rings is 2. The Morgan fingerprint density at radius 3 is 2.30 bits per heavy atom. The number of rotatable bonds is 5. The molecule has 3 amide bonds. The zero-order valence-corrected chi connectivity index (χ0v) is 22.3. The van der Waals surface area contributed by atoms with Gasteiger partial charge in [0.2, 0.25) is 0 Å². The van der Waals surface area contributed by atoms with E-state index < -0.39 is 0 Å². The number of pyridine rings is 1. The number of ether oxygens (including phenoxy) is 1. The first-order chi connectivity index (χ1) is 17.8. The maximum Gasteiger partial charge on any atom is 0.410 e. The monoisotopic (exact) mass is 562 g/mol. The molecule has 8 nitrogen and oxygen atoms in total. The first-order valence-corrected chi connectivity index (χ1v) is 12.9. The van der Waals surface area contributed by atoms with Crippen LogP contribution in [-0.2, 0) is 27.5 Å². The molecule has 2 aromatic carbocycles. The van der Waals surface area contributed by atoms with Crippen molar-refractivity contribution in [2.45, 2.75) is 27.0 Å². The lowest BCUT2D eigenvalue weighted by Crippen LogP contribution is -2.48. The number of imide groups is 1. The Morgan fingerprint density at radius 2 is 1.62 bits per heavy atom. The summed E-state index contributed by atoms with van der Waals surface area (Å²) in [6, 6.07) is 17.3. The van der Waals surface area contributed by atoms with E-state index in [4.69, 9.17) is 4.74 Å². The molecule has 0 spiro atoms. The Kier molecular flexibility index (Phi) is 7.08. The molecule has 3 heterocycles. The Labute approximate surface area is 223 Å². The van der Waals surface area contributed by atoms with Gasteiger partial charge in [0.25, 0.3) is 11.8 Å². The molecule has 9 heteroatoms. The van der Waals surface area contributed by atoms with Crippen molar-refractivity contribution in [3.8, 4) is 0 Å². The molecular formula is C28H27BrN4O4. The second-order valence-electron chi connectivity index (χ2n) is 9.30. The molecule has 0 saturated carbocycles. The molecule has 2 aliphatic rings. The number of halogens is 1. The van der Waals surface area contributed by atoms with Crippen LogP contribution in [0.25, 0.3) is 10.9 Å². The summed E-state index contributed by atoms with van der Waals surface area (Å²) in [5, 5.41) is 0.956. The molecule has 0 unspecified atom stereocenters. The lowest BCUT2D eigenvalue weighted by atomic mass is 10.1. The fraction of sp³-hybridized carbons (Fsp3) is 0.286. The van der Waals surface area contributed by atoms with Crippen LogP contribution in [0, 0.1) is 0 Å². The van der Waals surface area contributed by atoms with Gasteiger partial charge in [-0.25, -0.2) is 14.7 Å². The fourth-order valence-electron chi connectivity index (χ4n) is 4.60. The number of anilines is 1. The van der Waals surface area contributed by atoms with Gasteiger partial charge in [-0.2, -0.15) is 0 Å². The zero-order chi connectivity index (χ0) is 26.1. The number of carbonyl (C=O) groups excluding carboxylic acids is 3. The van der Waals surface area contributed by atoms with Crippen LogP contribution >= 0.6 is 15.9 Å². The number of nitrogens with zero attached hydrogens (tertiary/aromatic N) is 4. The van der Waals surface area contributed by atoms with Crippen molar-refractivity contribution in [2.24, 2.45) is 0 Å². The van der Waals surface area contributed by atoms with Crippen LogP contribution in [0.2, 0.25) is 0 Å². The second kappa shape index (κ2) is 10.4. The van der Waals surface area contributed by atoms with E-state index in [9.17, 15) is 14.4 Å². The highest BCUT2D eigenvalue weighted by Gasteiger charge is 2.36. The summed E-state index contributed by atoms with van der Waals surface area (Å²) in [6.45, 7) is 6.65. The summed E-state index contributed by atoms with van der Waals surface area (Å²) in [5.41, 5.74) is 3.51.